The van der Waals surface area contributed by atoms with Crippen molar-refractivity contribution in [1.29, 1.82) is 0 Å². The van der Waals surface area contributed by atoms with E-state index in [2.05, 4.69) is 32.1 Å². The minimum absolute atomic E-state index is 0. The molecule has 8 rings (SSSR count). The van der Waals surface area contributed by atoms with Gasteiger partial charge in [0.15, 0.2) is 5.65 Å². The maximum atomic E-state index is 6.17. The molecule has 5 aromatic heterocycles. The van der Waals surface area contributed by atoms with E-state index in [0.717, 1.165) is 44.5 Å². The van der Waals surface area contributed by atoms with Crippen molar-refractivity contribution >= 4 is 33.2 Å². The van der Waals surface area contributed by atoms with Crippen molar-refractivity contribution in [2.24, 2.45) is 0 Å². The van der Waals surface area contributed by atoms with Crippen molar-refractivity contribution in [3.05, 3.63) is 134 Å². The fourth-order valence-corrected chi connectivity index (χ4v) is 4.79. The normalized spacial score (nSPS) is 10.8. The Morgan fingerprint density at radius 2 is 1.62 bits per heavy atom. The number of nitrogens with zero attached hydrogens (tertiary/aromatic N) is 6. The first kappa shape index (κ1) is 27.1. The first-order chi connectivity index (χ1) is 20.3. The van der Waals surface area contributed by atoms with E-state index in [4.69, 9.17) is 9.40 Å². The number of hydrogen-bond donors (Lipinski definition) is 0. The number of benzene rings is 3. The van der Waals surface area contributed by atoms with E-state index in [1.165, 1.54) is 6.33 Å². The second kappa shape index (κ2) is 11.8. The first-order valence-electron chi connectivity index (χ1n) is 13.1. The minimum Gasteiger partial charge on any atom is -0.486 e. The van der Waals surface area contributed by atoms with Gasteiger partial charge in [0.05, 0.1) is 17.6 Å². The molecule has 0 amide bonds. The number of pyridine rings is 2. The number of para-hydroxylation sites is 1. The molecule has 0 saturated carbocycles. The topological polar surface area (TPSA) is 82.5 Å². The summed E-state index contributed by atoms with van der Waals surface area (Å²) in [6.07, 6.45) is 5.07. The number of rotatable bonds is 3. The number of fused-ring (bicyclic) bond motifs is 4. The summed E-state index contributed by atoms with van der Waals surface area (Å²) in [5.74, 6) is 0.702. The molecule has 0 saturated heterocycles. The molecule has 1 radical (unpaired) electrons. The van der Waals surface area contributed by atoms with Crippen LogP contribution in [0.25, 0.3) is 61.6 Å². The smallest absolute Gasteiger partial charge is 0.216 e. The summed E-state index contributed by atoms with van der Waals surface area (Å²) in [5, 5.41) is 1.96. The molecule has 8 aromatic rings. The fraction of sp³-hybridized carbons (Fsp3) is 0.0294. The van der Waals surface area contributed by atoms with Crippen molar-refractivity contribution in [2.45, 2.75) is 6.92 Å². The molecule has 0 bridgehead atoms. The Morgan fingerprint density at radius 3 is 2.43 bits per heavy atom. The van der Waals surface area contributed by atoms with E-state index in [1.54, 1.807) is 12.4 Å². The molecule has 0 aliphatic heterocycles. The maximum absolute atomic E-state index is 6.17. The molecule has 0 atom stereocenters. The second-order valence-electron chi connectivity index (χ2n) is 9.33. The van der Waals surface area contributed by atoms with Crippen LogP contribution < -0.4 is 0 Å². The molecule has 0 unspecified atom stereocenters. The molecule has 0 aliphatic carbocycles. The van der Waals surface area contributed by atoms with Crippen LogP contribution in [0.15, 0.2) is 120 Å². The average Bonchev–Trinajstić information content (AvgIpc) is 3.61. The van der Waals surface area contributed by atoms with Crippen molar-refractivity contribution in [2.75, 3.05) is 0 Å². The van der Waals surface area contributed by atoms with E-state index < -0.39 is 0 Å². The van der Waals surface area contributed by atoms with Crippen LogP contribution in [0.5, 0.6) is 0 Å². The van der Waals surface area contributed by atoms with Gasteiger partial charge in [0.2, 0.25) is 5.71 Å². The third-order valence-electron chi connectivity index (χ3n) is 6.66. The van der Waals surface area contributed by atoms with E-state index in [1.807, 2.05) is 109 Å². The molecule has 205 valence electrons. The molecule has 5 heterocycles. The quantitative estimate of drug-likeness (QED) is 0.177. The third kappa shape index (κ3) is 5.09. The van der Waals surface area contributed by atoms with Crippen molar-refractivity contribution in [1.82, 2.24) is 29.5 Å². The van der Waals surface area contributed by atoms with E-state index in [0.29, 0.717) is 22.8 Å². The van der Waals surface area contributed by atoms with Crippen LogP contribution in [0.1, 0.15) is 5.69 Å². The van der Waals surface area contributed by atoms with Crippen molar-refractivity contribution < 1.29 is 24.5 Å². The average molecular weight is 723 g/mol. The molecule has 8 heteroatoms. The number of aromatic nitrogens is 6. The van der Waals surface area contributed by atoms with Crippen LogP contribution in [0.2, 0.25) is 0 Å². The minimum atomic E-state index is 0. The molecule has 7 nitrogen and oxygen atoms in total. The van der Waals surface area contributed by atoms with Gasteiger partial charge in [-0.15, -0.1) is 54.1 Å². The van der Waals surface area contributed by atoms with Gasteiger partial charge in [-0.1, -0.05) is 41.3 Å². The van der Waals surface area contributed by atoms with Crippen LogP contribution in [0.4, 0.5) is 0 Å². The summed E-state index contributed by atoms with van der Waals surface area (Å²) in [6.45, 7) is 1.95. The Balaban J connectivity index is 0.000000205. The summed E-state index contributed by atoms with van der Waals surface area (Å²) < 4.78 is 8.21. The standard InChI is InChI=1S/C23H14N5O.C11H8N.Ir/c1-14-10-11-17-16-8-5-9-18(20(16)29-23(17)26-14)22-27-21-19(12-24-13-25-21)28(22)15-6-3-2-4-7-15;1-2-6-10(7-3-1)11-8-4-5-9-12-11;/h2-8,10-13H,1H3;1-6,8-9H;/q2*-1;. The van der Waals surface area contributed by atoms with Crippen LogP contribution in [-0.4, -0.2) is 29.5 Å². The number of aryl methyl sites for hydroxylation is 1. The molecule has 0 fully saturated rings. The largest absolute Gasteiger partial charge is 0.486 e. The van der Waals surface area contributed by atoms with E-state index in [-0.39, 0.29) is 20.1 Å². The van der Waals surface area contributed by atoms with Crippen molar-refractivity contribution in [3.8, 4) is 28.3 Å². The molecule has 0 N–H and O–H groups in total. The zero-order chi connectivity index (χ0) is 27.6. The summed E-state index contributed by atoms with van der Waals surface area (Å²) in [6, 6.07) is 38.1. The molecular formula is C34H22IrN6O-2. The van der Waals surface area contributed by atoms with Gasteiger partial charge in [0.1, 0.15) is 11.8 Å². The van der Waals surface area contributed by atoms with Crippen molar-refractivity contribution in [3.63, 3.8) is 0 Å². The first-order valence-corrected chi connectivity index (χ1v) is 13.1. The Kier molecular flexibility index (Phi) is 7.64. The van der Waals surface area contributed by atoms with E-state index >= 15 is 0 Å². The van der Waals surface area contributed by atoms with E-state index in [9.17, 15) is 0 Å². The van der Waals surface area contributed by atoms with Gasteiger partial charge in [0.25, 0.3) is 0 Å². The monoisotopic (exact) mass is 723 g/mol. The zero-order valence-electron chi connectivity index (χ0n) is 22.4. The Labute approximate surface area is 255 Å². The predicted molar refractivity (Wildman–Crippen MR) is 159 cm³/mol. The predicted octanol–water partition coefficient (Wildman–Crippen LogP) is 7.43. The summed E-state index contributed by atoms with van der Waals surface area (Å²) >= 11 is 0. The van der Waals surface area contributed by atoms with Crippen LogP contribution in [-0.2, 0) is 20.1 Å². The fourth-order valence-electron chi connectivity index (χ4n) is 4.79. The molecule has 42 heavy (non-hydrogen) atoms. The number of hydrogen-bond acceptors (Lipinski definition) is 6. The summed E-state index contributed by atoms with van der Waals surface area (Å²) in [7, 11) is 0. The van der Waals surface area contributed by atoms with Crippen LogP contribution in [0.3, 0.4) is 0 Å². The molecule has 3 aromatic carbocycles. The Bertz CT molecular complexity index is 2070. The van der Waals surface area contributed by atoms with Gasteiger partial charge >= 0.3 is 0 Å². The SMILES string of the molecule is Cc1ccc2c(n1)oc1c(-c3nc4ncncc4n3-c3ccccc3)[c-]ccc12.[Ir].[c-]1ccccc1-c1ccccn1. The molecule has 0 aliphatic rings. The van der Waals surface area contributed by atoms with Gasteiger partial charge in [-0.05, 0) is 42.9 Å². The van der Waals surface area contributed by atoms with Gasteiger partial charge < -0.3 is 14.0 Å². The summed E-state index contributed by atoms with van der Waals surface area (Å²) in [4.78, 5) is 22.1. The van der Waals surface area contributed by atoms with Crippen LogP contribution >= 0.6 is 0 Å². The molecule has 0 spiro atoms. The number of imidazole rings is 1. The maximum Gasteiger partial charge on any atom is 0.216 e. The van der Waals surface area contributed by atoms with Gasteiger partial charge in [-0.25, -0.2) is 15.0 Å². The Morgan fingerprint density at radius 1 is 0.762 bits per heavy atom. The summed E-state index contributed by atoms with van der Waals surface area (Å²) in [5.41, 5.74) is 7.42. The second-order valence-corrected chi connectivity index (χ2v) is 9.33. The third-order valence-corrected chi connectivity index (χ3v) is 6.66. The van der Waals surface area contributed by atoms with Gasteiger partial charge in [-0.3, -0.25) is 4.98 Å². The van der Waals surface area contributed by atoms with Gasteiger partial charge in [-0.2, -0.15) is 0 Å². The van der Waals surface area contributed by atoms with Gasteiger partial charge in [0, 0.05) is 43.1 Å². The zero-order valence-corrected chi connectivity index (χ0v) is 24.8. The Hall–Kier alpha value is -5.04. The number of furan rings is 1. The molecular weight excluding hydrogens is 701 g/mol. The van der Waals surface area contributed by atoms with Crippen LogP contribution in [0, 0.1) is 19.1 Å².